The van der Waals surface area contributed by atoms with Crippen LogP contribution in [0.4, 0.5) is 15.1 Å². The van der Waals surface area contributed by atoms with Crippen molar-refractivity contribution >= 4 is 33.8 Å². The average molecular weight is 358 g/mol. The van der Waals surface area contributed by atoms with Crippen LogP contribution >= 0.6 is 11.3 Å². The number of aryl methyl sites for hydroxylation is 2. The Morgan fingerprint density at radius 2 is 1.84 bits per heavy atom. The molecule has 2 N–H and O–H groups in total. The predicted octanol–water partition coefficient (Wildman–Crippen LogP) is 4.60. The molecule has 0 bridgehead atoms. The monoisotopic (exact) mass is 358 g/mol. The highest BCUT2D eigenvalue weighted by molar-refractivity contribution is 7.18. The molecule has 0 atom stereocenters. The molecule has 25 heavy (non-hydrogen) atoms. The fourth-order valence-electron chi connectivity index (χ4n) is 2.21. The van der Waals surface area contributed by atoms with E-state index in [1.807, 2.05) is 0 Å². The lowest BCUT2D eigenvalue weighted by molar-refractivity contribution is 0.0995. The van der Waals surface area contributed by atoms with Crippen molar-refractivity contribution in [2.45, 2.75) is 13.8 Å². The second kappa shape index (κ2) is 6.90. The summed E-state index contributed by atoms with van der Waals surface area (Å²) < 4.78 is 18.6. The molecule has 2 heterocycles. The van der Waals surface area contributed by atoms with Crippen molar-refractivity contribution in [1.29, 1.82) is 0 Å². The van der Waals surface area contributed by atoms with Crippen LogP contribution in [0.2, 0.25) is 0 Å². The van der Waals surface area contributed by atoms with Crippen molar-refractivity contribution < 1.29 is 18.4 Å². The zero-order valence-corrected chi connectivity index (χ0v) is 14.4. The van der Waals surface area contributed by atoms with Gasteiger partial charge in [0.2, 0.25) is 0 Å². The highest BCUT2D eigenvalue weighted by Crippen LogP contribution is 2.28. The summed E-state index contributed by atoms with van der Waals surface area (Å²) in [5.41, 5.74) is 1.60. The van der Waals surface area contributed by atoms with Crippen molar-refractivity contribution in [2.24, 2.45) is 0 Å². The van der Waals surface area contributed by atoms with Crippen molar-refractivity contribution in [3.05, 3.63) is 70.2 Å². The second-order valence-corrected chi connectivity index (χ2v) is 6.52. The van der Waals surface area contributed by atoms with Crippen LogP contribution < -0.4 is 10.6 Å². The number of carbonyl (C=O) groups excluding carboxylic acids is 2. The van der Waals surface area contributed by atoms with Gasteiger partial charge in [-0.2, -0.15) is 0 Å². The van der Waals surface area contributed by atoms with Crippen molar-refractivity contribution in [2.75, 3.05) is 10.6 Å². The van der Waals surface area contributed by atoms with Gasteiger partial charge in [-0.1, -0.05) is 6.07 Å². The summed E-state index contributed by atoms with van der Waals surface area (Å²) in [6.45, 7) is 3.42. The number of hydrogen-bond acceptors (Lipinski definition) is 4. The maximum absolute atomic E-state index is 13.6. The van der Waals surface area contributed by atoms with E-state index in [1.165, 1.54) is 12.3 Å². The average Bonchev–Trinajstić information content (AvgIpc) is 3.21. The Morgan fingerprint density at radius 1 is 1.04 bits per heavy atom. The summed E-state index contributed by atoms with van der Waals surface area (Å²) >= 11 is 1.14. The number of anilines is 2. The summed E-state index contributed by atoms with van der Waals surface area (Å²) in [4.78, 5) is 24.8. The number of carbonyl (C=O) groups is 2. The van der Waals surface area contributed by atoms with Crippen LogP contribution in [0.15, 0.2) is 47.1 Å². The Bertz CT molecular complexity index is 932. The van der Waals surface area contributed by atoms with E-state index in [0.29, 0.717) is 26.7 Å². The number of amides is 2. The molecule has 0 saturated carbocycles. The fourth-order valence-corrected chi connectivity index (χ4v) is 3.17. The minimum Gasteiger partial charge on any atom is -0.459 e. The Hall–Kier alpha value is -2.93. The maximum Gasteiger partial charge on any atom is 0.291 e. The van der Waals surface area contributed by atoms with E-state index in [2.05, 4.69) is 10.6 Å². The normalized spacial score (nSPS) is 10.5. The van der Waals surface area contributed by atoms with Crippen LogP contribution in [0.25, 0.3) is 0 Å². The van der Waals surface area contributed by atoms with E-state index in [9.17, 15) is 14.0 Å². The smallest absolute Gasteiger partial charge is 0.291 e. The lowest BCUT2D eigenvalue weighted by Gasteiger charge is -2.05. The van der Waals surface area contributed by atoms with E-state index in [4.69, 9.17) is 4.42 Å². The van der Waals surface area contributed by atoms with Gasteiger partial charge >= 0.3 is 0 Å². The topological polar surface area (TPSA) is 71.3 Å². The lowest BCUT2D eigenvalue weighted by atomic mass is 10.2. The molecule has 0 aliphatic rings. The summed E-state index contributed by atoms with van der Waals surface area (Å²) in [6.07, 6.45) is 1.41. The molecule has 0 spiro atoms. The molecule has 0 unspecified atom stereocenters. The summed E-state index contributed by atoms with van der Waals surface area (Å²) in [5.74, 6) is -0.942. The molecule has 0 saturated heterocycles. The number of nitrogens with one attached hydrogen (secondary N) is 2. The van der Waals surface area contributed by atoms with Gasteiger partial charge in [-0.05, 0) is 55.3 Å². The van der Waals surface area contributed by atoms with Crippen LogP contribution in [0.1, 0.15) is 31.4 Å². The molecule has 2 amide bonds. The SMILES string of the molecule is Cc1ccc(NC(=O)c2sc(NC(=O)c3ccco3)cc2C)cc1F. The molecule has 0 radical (unpaired) electrons. The molecule has 2 aromatic heterocycles. The van der Waals surface area contributed by atoms with Crippen LogP contribution in [0, 0.1) is 19.7 Å². The highest BCUT2D eigenvalue weighted by atomic mass is 32.1. The van der Waals surface area contributed by atoms with Gasteiger partial charge in [0.1, 0.15) is 5.82 Å². The zero-order chi connectivity index (χ0) is 18.0. The Morgan fingerprint density at radius 3 is 2.52 bits per heavy atom. The van der Waals surface area contributed by atoms with E-state index < -0.39 is 0 Å². The van der Waals surface area contributed by atoms with E-state index in [0.717, 1.165) is 11.3 Å². The Labute approximate surface area is 147 Å². The number of furan rings is 1. The van der Waals surface area contributed by atoms with Crippen molar-refractivity contribution in [3.63, 3.8) is 0 Å². The third-order valence-electron chi connectivity index (χ3n) is 3.54. The Balaban J connectivity index is 1.74. The Kier molecular flexibility index (Phi) is 4.67. The first kappa shape index (κ1) is 16.9. The van der Waals surface area contributed by atoms with E-state index in [-0.39, 0.29) is 23.4 Å². The van der Waals surface area contributed by atoms with E-state index >= 15 is 0 Å². The minimum atomic E-state index is -0.390. The first-order valence-corrected chi connectivity index (χ1v) is 8.28. The molecule has 3 rings (SSSR count). The summed E-state index contributed by atoms with van der Waals surface area (Å²) in [5, 5.41) is 5.88. The maximum atomic E-state index is 13.6. The highest BCUT2D eigenvalue weighted by Gasteiger charge is 2.17. The van der Waals surface area contributed by atoms with Gasteiger partial charge in [-0.15, -0.1) is 11.3 Å². The summed E-state index contributed by atoms with van der Waals surface area (Å²) in [6, 6.07) is 9.38. The largest absolute Gasteiger partial charge is 0.459 e. The number of halogens is 1. The third-order valence-corrected chi connectivity index (χ3v) is 4.69. The molecule has 128 valence electrons. The first-order valence-electron chi connectivity index (χ1n) is 7.47. The van der Waals surface area contributed by atoms with Crippen molar-refractivity contribution in [3.8, 4) is 0 Å². The zero-order valence-electron chi connectivity index (χ0n) is 13.6. The molecule has 0 aliphatic heterocycles. The van der Waals surface area contributed by atoms with Gasteiger partial charge < -0.3 is 15.1 Å². The first-order chi connectivity index (χ1) is 11.9. The van der Waals surface area contributed by atoms with Gasteiger partial charge in [-0.25, -0.2) is 4.39 Å². The number of benzene rings is 1. The molecule has 1 aromatic carbocycles. The van der Waals surface area contributed by atoms with Crippen LogP contribution in [0.3, 0.4) is 0 Å². The molecule has 0 fully saturated rings. The second-order valence-electron chi connectivity index (χ2n) is 5.47. The van der Waals surface area contributed by atoms with Gasteiger partial charge in [0.25, 0.3) is 11.8 Å². The lowest BCUT2D eigenvalue weighted by Crippen LogP contribution is -2.11. The van der Waals surface area contributed by atoms with Gasteiger partial charge in [0.05, 0.1) is 16.1 Å². The standard InChI is InChI=1S/C18H15FN2O3S/c1-10-5-6-12(9-13(10)19)20-18(23)16-11(2)8-15(25-16)21-17(22)14-4-3-7-24-14/h3-9H,1-2H3,(H,20,23)(H,21,22). The van der Waals surface area contributed by atoms with Crippen LogP contribution in [0.5, 0.6) is 0 Å². The van der Waals surface area contributed by atoms with Crippen LogP contribution in [-0.4, -0.2) is 11.8 Å². The molecule has 5 nitrogen and oxygen atoms in total. The van der Waals surface area contributed by atoms with E-state index in [1.54, 1.807) is 44.2 Å². The molecule has 7 heteroatoms. The number of hydrogen-bond donors (Lipinski definition) is 2. The fraction of sp³-hybridized carbons (Fsp3) is 0.111. The van der Waals surface area contributed by atoms with Gasteiger partial charge in [-0.3, -0.25) is 9.59 Å². The van der Waals surface area contributed by atoms with Crippen molar-refractivity contribution in [1.82, 2.24) is 0 Å². The molecular weight excluding hydrogens is 343 g/mol. The molecular formula is C18H15FN2O3S. The van der Waals surface area contributed by atoms with Gasteiger partial charge in [0.15, 0.2) is 5.76 Å². The molecule has 0 aliphatic carbocycles. The molecule has 3 aromatic rings. The van der Waals surface area contributed by atoms with Crippen LogP contribution in [-0.2, 0) is 0 Å². The number of rotatable bonds is 4. The quantitative estimate of drug-likeness (QED) is 0.716. The minimum absolute atomic E-state index is 0.187. The summed E-state index contributed by atoms with van der Waals surface area (Å²) in [7, 11) is 0. The predicted molar refractivity (Wildman–Crippen MR) is 94.8 cm³/mol. The number of thiophene rings is 1. The van der Waals surface area contributed by atoms with Gasteiger partial charge in [0, 0.05) is 5.69 Å². The third kappa shape index (κ3) is 3.77.